The fourth-order valence-corrected chi connectivity index (χ4v) is 1.96. The Morgan fingerprint density at radius 1 is 1.45 bits per heavy atom. The third kappa shape index (κ3) is 3.68. The highest BCUT2D eigenvalue weighted by atomic mass is 35.5. The van der Waals surface area contributed by atoms with E-state index < -0.39 is 5.97 Å². The van der Waals surface area contributed by atoms with E-state index in [1.165, 1.54) is 18.2 Å². The lowest BCUT2D eigenvalue weighted by Gasteiger charge is -2.13. The number of carbonyl (C=O) groups is 2. The number of rotatable bonds is 5. The van der Waals surface area contributed by atoms with Crippen LogP contribution in [-0.4, -0.2) is 24.4 Å². The zero-order valence-corrected chi connectivity index (χ0v) is 11.7. The van der Waals surface area contributed by atoms with Crippen LogP contribution in [0.25, 0.3) is 0 Å². The second-order valence-electron chi connectivity index (χ2n) is 4.21. The number of hydroxylamine groups is 2. The first kappa shape index (κ1) is 16.4. The van der Waals surface area contributed by atoms with Gasteiger partial charge in [0.1, 0.15) is 17.9 Å². The van der Waals surface area contributed by atoms with E-state index in [1.807, 2.05) is 0 Å². The molecule has 20 heavy (non-hydrogen) atoms. The van der Waals surface area contributed by atoms with Crippen LogP contribution in [0.2, 0.25) is 0 Å². The van der Waals surface area contributed by atoms with E-state index in [9.17, 15) is 14.0 Å². The molecule has 110 valence electrons. The summed E-state index contributed by atoms with van der Waals surface area (Å²) in [5, 5.41) is 1.38. The second kappa shape index (κ2) is 7.21. The van der Waals surface area contributed by atoms with Gasteiger partial charge in [0.15, 0.2) is 0 Å². The molecule has 1 aliphatic rings. The van der Waals surface area contributed by atoms with E-state index >= 15 is 0 Å². The van der Waals surface area contributed by atoms with Crippen molar-refractivity contribution < 1.29 is 23.6 Å². The van der Waals surface area contributed by atoms with Crippen LogP contribution in [0.5, 0.6) is 5.75 Å². The number of halogens is 2. The van der Waals surface area contributed by atoms with E-state index in [2.05, 4.69) is 0 Å². The van der Waals surface area contributed by atoms with Gasteiger partial charge in [-0.25, -0.2) is 4.39 Å². The van der Waals surface area contributed by atoms with Gasteiger partial charge >= 0.3 is 5.97 Å². The van der Waals surface area contributed by atoms with Crippen molar-refractivity contribution in [3.8, 4) is 5.75 Å². The van der Waals surface area contributed by atoms with E-state index in [-0.39, 0.29) is 37.6 Å². The molecule has 0 spiro atoms. The third-order valence-electron chi connectivity index (χ3n) is 2.88. The number of ether oxygens (including phenoxy) is 1. The summed E-state index contributed by atoms with van der Waals surface area (Å²) < 4.78 is 18.7. The molecule has 0 amide bonds. The Morgan fingerprint density at radius 3 is 2.85 bits per heavy atom. The van der Waals surface area contributed by atoms with Crippen LogP contribution in [0.4, 0.5) is 4.39 Å². The monoisotopic (exact) mass is 303 g/mol. The quantitative estimate of drug-likeness (QED) is 0.779. The van der Waals surface area contributed by atoms with Gasteiger partial charge in [0.05, 0.1) is 26.6 Å². The molecule has 0 aromatic heterocycles. The number of carbonyl (C=O) groups excluding carboxylic acids is 2. The van der Waals surface area contributed by atoms with Crippen LogP contribution < -0.4 is 4.74 Å². The maximum Gasteiger partial charge on any atom is 0.325 e. The topological polar surface area (TPSA) is 55.8 Å². The van der Waals surface area contributed by atoms with Crippen LogP contribution in [-0.2, 0) is 27.5 Å². The van der Waals surface area contributed by atoms with Crippen molar-refractivity contribution in [1.82, 2.24) is 5.06 Å². The smallest absolute Gasteiger partial charge is 0.325 e. The molecule has 0 fully saturated rings. The molecule has 0 N–H and O–H groups in total. The summed E-state index contributed by atoms with van der Waals surface area (Å²) in [4.78, 5) is 26.6. The fourth-order valence-electron chi connectivity index (χ4n) is 1.96. The number of hydrogen-bond donors (Lipinski definition) is 0. The lowest BCUT2D eigenvalue weighted by Crippen LogP contribution is -2.21. The number of hydrogen-bond acceptors (Lipinski definition) is 5. The van der Waals surface area contributed by atoms with Gasteiger partial charge in [-0.2, -0.15) is 0 Å². The van der Waals surface area contributed by atoms with Crippen LogP contribution in [0.3, 0.4) is 0 Å². The standard InChI is InChI=1S/C13H14FNO4.ClH/c1-18-10-5-9-7-15(8-11(9)12(14)6-10)19-13(17)3-2-4-16;/h4-6H,2-3,7-8H2,1H3;1H. The SMILES string of the molecule is COc1cc(F)c2c(c1)CN(OC(=O)CCC=O)C2.Cl. The lowest BCUT2D eigenvalue weighted by molar-refractivity contribution is -0.193. The Labute approximate surface area is 122 Å². The predicted molar refractivity (Wildman–Crippen MR) is 70.8 cm³/mol. The highest BCUT2D eigenvalue weighted by Gasteiger charge is 2.25. The number of methoxy groups -OCH3 is 1. The molecule has 0 saturated carbocycles. The summed E-state index contributed by atoms with van der Waals surface area (Å²) in [5.74, 6) is -0.432. The first-order valence-electron chi connectivity index (χ1n) is 5.88. The molecule has 0 unspecified atom stereocenters. The largest absolute Gasteiger partial charge is 0.497 e. The van der Waals surface area contributed by atoms with Crippen LogP contribution in [0, 0.1) is 5.82 Å². The van der Waals surface area contributed by atoms with Gasteiger partial charge < -0.3 is 14.4 Å². The van der Waals surface area contributed by atoms with Crippen molar-refractivity contribution in [2.24, 2.45) is 0 Å². The molecule has 1 aromatic carbocycles. The summed E-state index contributed by atoms with van der Waals surface area (Å²) in [6.45, 7) is 0.522. The highest BCUT2D eigenvalue weighted by molar-refractivity contribution is 5.85. The van der Waals surface area contributed by atoms with Gasteiger partial charge in [-0.1, -0.05) is 0 Å². The van der Waals surface area contributed by atoms with Crippen molar-refractivity contribution in [2.75, 3.05) is 7.11 Å². The zero-order valence-electron chi connectivity index (χ0n) is 10.9. The number of nitrogens with zero attached hydrogens (tertiary/aromatic N) is 1. The highest BCUT2D eigenvalue weighted by Crippen LogP contribution is 2.29. The average molecular weight is 304 g/mol. The first-order chi connectivity index (χ1) is 9.13. The molecule has 0 atom stereocenters. The minimum absolute atomic E-state index is 0. The summed E-state index contributed by atoms with van der Waals surface area (Å²) in [5.41, 5.74) is 1.24. The molecule has 0 radical (unpaired) electrons. The molecule has 0 saturated heterocycles. The molecule has 0 aliphatic carbocycles. The summed E-state index contributed by atoms with van der Waals surface area (Å²) in [7, 11) is 1.47. The zero-order chi connectivity index (χ0) is 13.8. The molecule has 1 heterocycles. The van der Waals surface area contributed by atoms with Crippen molar-refractivity contribution in [2.45, 2.75) is 25.9 Å². The second-order valence-corrected chi connectivity index (χ2v) is 4.21. The molecular formula is C13H15ClFNO4. The Kier molecular flexibility index (Phi) is 5.91. The van der Waals surface area contributed by atoms with Gasteiger partial charge in [-0.15, -0.1) is 17.5 Å². The van der Waals surface area contributed by atoms with E-state index in [4.69, 9.17) is 9.57 Å². The molecule has 5 nitrogen and oxygen atoms in total. The van der Waals surface area contributed by atoms with Crippen LogP contribution in [0.1, 0.15) is 24.0 Å². The van der Waals surface area contributed by atoms with Gasteiger partial charge in [-0.05, 0) is 11.6 Å². The van der Waals surface area contributed by atoms with E-state index in [0.29, 0.717) is 24.1 Å². The maximum atomic E-state index is 13.8. The van der Waals surface area contributed by atoms with Gasteiger partial charge in [0, 0.05) is 18.1 Å². The molecular weight excluding hydrogens is 289 g/mol. The van der Waals surface area contributed by atoms with Crippen molar-refractivity contribution in [1.29, 1.82) is 0 Å². The average Bonchev–Trinajstić information content (AvgIpc) is 2.79. The number of benzene rings is 1. The van der Waals surface area contributed by atoms with Gasteiger partial charge in [0.2, 0.25) is 0 Å². The number of fused-ring (bicyclic) bond motifs is 1. The Morgan fingerprint density at radius 2 is 2.20 bits per heavy atom. The summed E-state index contributed by atoms with van der Waals surface area (Å²) in [6, 6.07) is 3.02. The Balaban J connectivity index is 0.00000200. The summed E-state index contributed by atoms with van der Waals surface area (Å²) in [6.07, 6.45) is 0.814. The lowest BCUT2D eigenvalue weighted by atomic mass is 10.1. The van der Waals surface area contributed by atoms with Crippen LogP contribution in [0.15, 0.2) is 12.1 Å². The number of aldehydes is 1. The minimum Gasteiger partial charge on any atom is -0.497 e. The van der Waals surface area contributed by atoms with Crippen molar-refractivity contribution in [3.63, 3.8) is 0 Å². The molecule has 7 heteroatoms. The van der Waals surface area contributed by atoms with Crippen LogP contribution >= 0.6 is 12.4 Å². The Bertz CT molecular complexity index is 509. The van der Waals surface area contributed by atoms with Gasteiger partial charge in [0.25, 0.3) is 0 Å². The fraction of sp³-hybridized carbons (Fsp3) is 0.385. The van der Waals surface area contributed by atoms with Crippen molar-refractivity contribution in [3.05, 3.63) is 29.1 Å². The molecule has 0 bridgehead atoms. The summed E-state index contributed by atoms with van der Waals surface area (Å²) >= 11 is 0. The maximum absolute atomic E-state index is 13.8. The molecule has 1 aromatic rings. The minimum atomic E-state index is -0.493. The third-order valence-corrected chi connectivity index (χ3v) is 2.88. The normalized spacial score (nSPS) is 13.3. The molecule has 2 rings (SSSR count). The van der Waals surface area contributed by atoms with Gasteiger partial charge in [-0.3, -0.25) is 4.79 Å². The Hall–Kier alpha value is -1.66. The molecule has 1 aliphatic heterocycles. The van der Waals surface area contributed by atoms with E-state index in [0.717, 1.165) is 5.56 Å². The first-order valence-corrected chi connectivity index (χ1v) is 5.88. The van der Waals surface area contributed by atoms with E-state index in [1.54, 1.807) is 6.07 Å². The van der Waals surface area contributed by atoms with Crippen molar-refractivity contribution >= 4 is 24.7 Å². The predicted octanol–water partition coefficient (Wildman–Crippen LogP) is 2.01.